The average Bonchev–Trinajstić information content (AvgIpc) is 2.66. The van der Waals surface area contributed by atoms with E-state index in [1.165, 1.54) is 34.6 Å². The van der Waals surface area contributed by atoms with Crippen LogP contribution in [-0.4, -0.2) is 52.1 Å². The second-order valence-corrected chi connectivity index (χ2v) is 13.2. The molecule has 156 valence electrons. The van der Waals surface area contributed by atoms with Crippen LogP contribution in [0.1, 0.15) is 52.9 Å². The van der Waals surface area contributed by atoms with Crippen molar-refractivity contribution in [3.63, 3.8) is 0 Å². The number of rotatable bonds is 5. The topological polar surface area (TPSA) is 63.6 Å². The highest BCUT2D eigenvalue weighted by Crippen LogP contribution is 2.62. The van der Waals surface area contributed by atoms with Crippen LogP contribution in [-0.2, 0) is 25.7 Å². The minimum Gasteiger partial charge on any atom is -0.317 e. The van der Waals surface area contributed by atoms with Gasteiger partial charge in [0.2, 0.25) is 0 Å². The summed E-state index contributed by atoms with van der Waals surface area (Å²) in [4.78, 5) is 17.3. The Balaban J connectivity index is 2.10. The lowest BCUT2D eigenvalue weighted by molar-refractivity contribution is 0.0465. The minimum absolute atomic E-state index is 0.0555. The van der Waals surface area contributed by atoms with Gasteiger partial charge in [0.15, 0.2) is 0 Å². The third-order valence-corrected chi connectivity index (χ3v) is 9.96. The van der Waals surface area contributed by atoms with Gasteiger partial charge in [0.05, 0.1) is 25.3 Å². The van der Waals surface area contributed by atoms with Crippen LogP contribution in [0, 0.1) is 5.41 Å². The van der Waals surface area contributed by atoms with Crippen LogP contribution in [0.5, 0.6) is 0 Å². The molecule has 0 spiro atoms. The average molecular weight is 456 g/mol. The van der Waals surface area contributed by atoms with Gasteiger partial charge in [0, 0.05) is 18.5 Å². The zero-order chi connectivity index (χ0) is 20.1. The number of amides is 1. The number of carbonyl (C=O) groups is 1. The van der Waals surface area contributed by atoms with Crippen molar-refractivity contribution in [2.24, 2.45) is 10.6 Å². The maximum absolute atomic E-state index is 12.3. The van der Waals surface area contributed by atoms with Crippen LogP contribution in [0.3, 0.4) is 0 Å². The van der Waals surface area contributed by atoms with E-state index in [0.717, 1.165) is 25.7 Å². The van der Waals surface area contributed by atoms with Crippen molar-refractivity contribution in [2.75, 3.05) is 26.5 Å². The van der Waals surface area contributed by atoms with Gasteiger partial charge in [0.1, 0.15) is 5.04 Å². The molecule has 7 nitrogen and oxygen atoms in total. The molecule has 1 aliphatic heterocycles. The molecule has 0 aromatic rings. The van der Waals surface area contributed by atoms with Gasteiger partial charge in [-0.2, -0.15) is 4.08 Å². The monoisotopic (exact) mass is 455 g/mol. The highest BCUT2D eigenvalue weighted by atomic mass is 32.5. The highest BCUT2D eigenvalue weighted by molar-refractivity contribution is 8.15. The molecule has 11 heteroatoms. The van der Waals surface area contributed by atoms with E-state index < -0.39 is 12.7 Å². The summed E-state index contributed by atoms with van der Waals surface area (Å²) in [5.74, 6) is 0. The molecule has 0 N–H and O–H groups in total. The molecular weight excluding hydrogens is 425 g/mol. The second-order valence-electron chi connectivity index (χ2n) is 7.52. The summed E-state index contributed by atoms with van der Waals surface area (Å²) in [5.41, 5.74) is -0.0555. The van der Waals surface area contributed by atoms with Crippen LogP contribution in [0.15, 0.2) is 5.16 Å². The minimum atomic E-state index is -2.67. The van der Waals surface area contributed by atoms with Gasteiger partial charge in [-0.05, 0) is 37.8 Å². The normalized spacial score (nSPS) is 23.3. The molecule has 0 bridgehead atoms. The number of nitrogens with zero attached hydrogens (tertiary/aromatic N) is 3. The second kappa shape index (κ2) is 10.3. The lowest BCUT2D eigenvalue weighted by Crippen LogP contribution is -2.39. The maximum Gasteiger partial charge on any atom is 0.446 e. The van der Waals surface area contributed by atoms with Crippen molar-refractivity contribution in [1.82, 2.24) is 8.38 Å². The van der Waals surface area contributed by atoms with Crippen molar-refractivity contribution < 1.29 is 18.7 Å². The fourth-order valence-corrected chi connectivity index (χ4v) is 7.39. The van der Waals surface area contributed by atoms with E-state index in [2.05, 4.69) is 19.0 Å². The third kappa shape index (κ3) is 6.87. The summed E-state index contributed by atoms with van der Waals surface area (Å²) in [5, 5.41) is 4.49. The fourth-order valence-electron chi connectivity index (χ4n) is 2.68. The Morgan fingerprint density at radius 2 is 1.85 bits per heavy atom. The summed E-state index contributed by atoms with van der Waals surface area (Å²) in [6, 6.07) is 0.225. The maximum atomic E-state index is 12.3. The summed E-state index contributed by atoms with van der Waals surface area (Å²) >= 11 is 8.51. The molecule has 0 radical (unpaired) electrons. The van der Waals surface area contributed by atoms with Crippen LogP contribution >= 0.6 is 30.5 Å². The molecule has 0 atom stereocenters. The Labute approximate surface area is 176 Å². The molecular formula is C16H30N3O4PS3. The Morgan fingerprint density at radius 1 is 1.26 bits per heavy atom. The van der Waals surface area contributed by atoms with Gasteiger partial charge in [-0.1, -0.05) is 38.3 Å². The first kappa shape index (κ1) is 23.4. The summed E-state index contributed by atoms with van der Waals surface area (Å²) in [7, 11) is 1.65. The summed E-state index contributed by atoms with van der Waals surface area (Å²) in [6.07, 6.45) is 6.89. The van der Waals surface area contributed by atoms with Gasteiger partial charge >= 0.3 is 6.09 Å². The highest BCUT2D eigenvalue weighted by Gasteiger charge is 2.43. The number of hydrogen-bond donors (Lipinski definition) is 0. The van der Waals surface area contributed by atoms with Crippen molar-refractivity contribution in [1.29, 1.82) is 0 Å². The quantitative estimate of drug-likeness (QED) is 0.139. The van der Waals surface area contributed by atoms with Gasteiger partial charge in [-0.3, -0.25) is 4.84 Å². The van der Waals surface area contributed by atoms with Crippen LogP contribution in [0.25, 0.3) is 0 Å². The predicted molar refractivity (Wildman–Crippen MR) is 117 cm³/mol. The SMILES string of the molecule is CSC(C)=NOC(=O)N(C)SN(C1CCCCC1)P1(=S)OCC(C)(C)CO1. The predicted octanol–water partition coefficient (Wildman–Crippen LogP) is 5.25. The van der Waals surface area contributed by atoms with Crippen molar-refractivity contribution in [2.45, 2.75) is 58.9 Å². The van der Waals surface area contributed by atoms with E-state index in [-0.39, 0.29) is 11.5 Å². The molecule has 0 unspecified atom stereocenters. The molecule has 1 heterocycles. The Hall–Kier alpha value is 0.170. The first-order valence-electron chi connectivity index (χ1n) is 9.07. The summed E-state index contributed by atoms with van der Waals surface area (Å²) < 4.78 is 15.6. The van der Waals surface area contributed by atoms with Crippen molar-refractivity contribution in [3.05, 3.63) is 0 Å². The molecule has 2 rings (SSSR count). The molecule has 1 saturated carbocycles. The molecule has 1 saturated heterocycles. The first-order valence-corrected chi connectivity index (χ1v) is 13.6. The van der Waals surface area contributed by atoms with Crippen LogP contribution in [0.2, 0.25) is 0 Å². The zero-order valence-corrected chi connectivity index (χ0v) is 20.0. The van der Waals surface area contributed by atoms with E-state index in [0.29, 0.717) is 18.3 Å². The van der Waals surface area contributed by atoms with Gasteiger partial charge < -0.3 is 9.05 Å². The molecule has 0 aromatic heterocycles. The molecule has 1 amide bonds. The molecule has 27 heavy (non-hydrogen) atoms. The van der Waals surface area contributed by atoms with Gasteiger partial charge in [0.25, 0.3) is 6.64 Å². The van der Waals surface area contributed by atoms with E-state index in [9.17, 15) is 4.79 Å². The van der Waals surface area contributed by atoms with Gasteiger partial charge in [-0.25, -0.2) is 9.10 Å². The number of carbonyl (C=O) groups excluding carboxylic acids is 1. The standard InChI is InChI=1S/C16H30N3O4PS3/c1-13(26-5)17-23-15(20)18(4)27-19(14-9-7-6-8-10-14)24(25)21-11-16(2,3)12-22-24/h14H,6-12H2,1-5H3. The van der Waals surface area contributed by atoms with Crippen molar-refractivity contribution >= 4 is 53.5 Å². The molecule has 2 aliphatic rings. The van der Waals surface area contributed by atoms with E-state index in [1.807, 2.05) is 10.3 Å². The number of hydrogen-bond acceptors (Lipinski definition) is 8. The zero-order valence-electron chi connectivity index (χ0n) is 16.7. The first-order chi connectivity index (χ1) is 12.7. The Bertz CT molecular complexity index is 585. The fraction of sp³-hybridized carbons (Fsp3) is 0.875. The molecule has 2 fully saturated rings. The third-order valence-electron chi connectivity index (χ3n) is 4.38. The largest absolute Gasteiger partial charge is 0.446 e. The Kier molecular flexibility index (Phi) is 8.92. The molecule has 1 aliphatic carbocycles. The van der Waals surface area contributed by atoms with Crippen LogP contribution < -0.4 is 0 Å². The Morgan fingerprint density at radius 3 is 2.41 bits per heavy atom. The number of oxime groups is 1. The van der Waals surface area contributed by atoms with Gasteiger partial charge in [-0.15, -0.1) is 11.8 Å². The lowest BCUT2D eigenvalue weighted by atomic mass is 9.96. The smallest absolute Gasteiger partial charge is 0.317 e. The van der Waals surface area contributed by atoms with Crippen LogP contribution in [0.4, 0.5) is 4.79 Å². The lowest BCUT2D eigenvalue weighted by Gasteiger charge is -2.44. The number of thioether (sulfide) groups is 1. The van der Waals surface area contributed by atoms with E-state index in [4.69, 9.17) is 25.7 Å². The van der Waals surface area contributed by atoms with E-state index >= 15 is 0 Å². The van der Waals surface area contributed by atoms with E-state index in [1.54, 1.807) is 14.0 Å². The van der Waals surface area contributed by atoms with Crippen molar-refractivity contribution in [3.8, 4) is 0 Å². The summed E-state index contributed by atoms with van der Waals surface area (Å²) in [6.45, 7) is 4.42. The molecule has 0 aromatic carbocycles.